The first kappa shape index (κ1) is 12.8. The molecule has 0 saturated heterocycles. The zero-order chi connectivity index (χ0) is 12.0. The summed E-state index contributed by atoms with van der Waals surface area (Å²) >= 11 is 1.65. The molecule has 1 unspecified atom stereocenters. The lowest BCUT2D eigenvalue weighted by Gasteiger charge is -2.11. The van der Waals surface area contributed by atoms with E-state index in [2.05, 4.69) is 15.6 Å². The largest absolute Gasteiger partial charge is 0.337 e. The standard InChI is InChI=1S/C10H14FN3OS/c1-7(16-2)5-13-10(15)14-9-3-4-12-6-8(9)11/h3-4,6-7H,5H2,1-2H3,(H2,12,13,14,15). The summed E-state index contributed by atoms with van der Waals surface area (Å²) in [6.45, 7) is 2.54. The van der Waals surface area contributed by atoms with Crippen LogP contribution in [0.1, 0.15) is 6.92 Å². The Labute approximate surface area is 98.0 Å². The summed E-state index contributed by atoms with van der Waals surface area (Å²) in [5, 5.41) is 5.39. The van der Waals surface area contributed by atoms with E-state index >= 15 is 0 Å². The fourth-order valence-electron chi connectivity index (χ4n) is 0.963. The number of aromatic nitrogens is 1. The van der Waals surface area contributed by atoms with Gasteiger partial charge in [0.25, 0.3) is 0 Å². The number of nitrogens with one attached hydrogen (secondary N) is 2. The van der Waals surface area contributed by atoms with Crippen LogP contribution in [0.2, 0.25) is 0 Å². The molecule has 4 nitrogen and oxygen atoms in total. The molecule has 16 heavy (non-hydrogen) atoms. The molecule has 0 aliphatic carbocycles. The average molecular weight is 243 g/mol. The normalized spacial score (nSPS) is 11.9. The van der Waals surface area contributed by atoms with E-state index in [0.29, 0.717) is 11.8 Å². The van der Waals surface area contributed by atoms with E-state index in [-0.39, 0.29) is 5.69 Å². The molecule has 1 aromatic rings. The van der Waals surface area contributed by atoms with E-state index in [1.807, 2.05) is 13.2 Å². The molecule has 2 amide bonds. The third kappa shape index (κ3) is 4.06. The van der Waals surface area contributed by atoms with Crippen molar-refractivity contribution in [1.29, 1.82) is 0 Å². The van der Waals surface area contributed by atoms with Gasteiger partial charge in [0.2, 0.25) is 0 Å². The van der Waals surface area contributed by atoms with E-state index in [1.54, 1.807) is 11.8 Å². The van der Waals surface area contributed by atoms with Gasteiger partial charge in [-0.3, -0.25) is 4.98 Å². The lowest BCUT2D eigenvalue weighted by atomic mass is 10.4. The predicted octanol–water partition coefficient (Wildman–Crippen LogP) is 2.09. The van der Waals surface area contributed by atoms with Crippen LogP contribution < -0.4 is 10.6 Å². The quantitative estimate of drug-likeness (QED) is 0.851. The minimum absolute atomic E-state index is 0.129. The smallest absolute Gasteiger partial charge is 0.319 e. The Morgan fingerprint density at radius 2 is 2.44 bits per heavy atom. The van der Waals surface area contributed by atoms with Crippen LogP contribution in [0.25, 0.3) is 0 Å². The molecule has 1 atom stereocenters. The van der Waals surface area contributed by atoms with Gasteiger partial charge in [-0.25, -0.2) is 9.18 Å². The second-order valence-electron chi connectivity index (χ2n) is 3.24. The number of anilines is 1. The highest BCUT2D eigenvalue weighted by atomic mass is 32.2. The molecular formula is C10H14FN3OS. The van der Waals surface area contributed by atoms with Gasteiger partial charge in [0.15, 0.2) is 5.82 Å². The van der Waals surface area contributed by atoms with Gasteiger partial charge in [-0.1, -0.05) is 6.92 Å². The molecule has 0 bridgehead atoms. The van der Waals surface area contributed by atoms with Crippen molar-refractivity contribution in [3.63, 3.8) is 0 Å². The van der Waals surface area contributed by atoms with Gasteiger partial charge >= 0.3 is 6.03 Å². The molecule has 6 heteroatoms. The number of rotatable bonds is 4. The lowest BCUT2D eigenvalue weighted by molar-refractivity contribution is 0.252. The van der Waals surface area contributed by atoms with Crippen LogP contribution in [0.4, 0.5) is 14.9 Å². The fourth-order valence-corrected chi connectivity index (χ4v) is 1.21. The fraction of sp³-hybridized carbons (Fsp3) is 0.400. The van der Waals surface area contributed by atoms with Crippen molar-refractivity contribution in [1.82, 2.24) is 10.3 Å². The number of thioether (sulfide) groups is 1. The Morgan fingerprint density at radius 3 is 3.06 bits per heavy atom. The van der Waals surface area contributed by atoms with Gasteiger partial charge in [-0.2, -0.15) is 11.8 Å². The molecular weight excluding hydrogens is 229 g/mol. The SMILES string of the molecule is CSC(C)CNC(=O)Nc1ccncc1F. The molecule has 1 rings (SSSR count). The van der Waals surface area contributed by atoms with Crippen molar-refractivity contribution in [2.75, 3.05) is 18.1 Å². The molecule has 2 N–H and O–H groups in total. The summed E-state index contributed by atoms with van der Waals surface area (Å²) < 4.78 is 13.1. The van der Waals surface area contributed by atoms with Crippen molar-refractivity contribution in [3.8, 4) is 0 Å². The van der Waals surface area contributed by atoms with E-state index in [1.165, 1.54) is 12.3 Å². The maximum absolute atomic E-state index is 13.1. The highest BCUT2D eigenvalue weighted by Crippen LogP contribution is 2.10. The van der Waals surface area contributed by atoms with Gasteiger partial charge < -0.3 is 10.6 Å². The number of amides is 2. The molecule has 0 radical (unpaired) electrons. The Hall–Kier alpha value is -1.30. The first-order chi connectivity index (χ1) is 7.63. The highest BCUT2D eigenvalue weighted by Gasteiger charge is 2.07. The first-order valence-electron chi connectivity index (χ1n) is 4.80. The summed E-state index contributed by atoms with van der Waals surface area (Å²) in [7, 11) is 0. The number of urea groups is 1. The van der Waals surface area contributed by atoms with E-state index in [0.717, 1.165) is 6.20 Å². The molecule has 88 valence electrons. The summed E-state index contributed by atoms with van der Waals surface area (Å²) in [6.07, 6.45) is 4.44. The molecule has 0 fully saturated rings. The van der Waals surface area contributed by atoms with Gasteiger partial charge in [0.05, 0.1) is 11.9 Å². The van der Waals surface area contributed by atoms with Crippen LogP contribution in [0, 0.1) is 5.82 Å². The van der Waals surface area contributed by atoms with Crippen molar-refractivity contribution >= 4 is 23.5 Å². The minimum atomic E-state index is -0.546. The predicted molar refractivity (Wildman–Crippen MR) is 64.2 cm³/mol. The van der Waals surface area contributed by atoms with Crippen LogP contribution in [0.5, 0.6) is 0 Å². The Morgan fingerprint density at radius 1 is 1.69 bits per heavy atom. The van der Waals surface area contributed by atoms with Gasteiger partial charge in [0.1, 0.15) is 0 Å². The lowest BCUT2D eigenvalue weighted by Crippen LogP contribution is -2.33. The topological polar surface area (TPSA) is 54.0 Å². The summed E-state index contributed by atoms with van der Waals surface area (Å²) in [5.74, 6) is -0.546. The molecule has 1 aromatic heterocycles. The van der Waals surface area contributed by atoms with E-state index in [9.17, 15) is 9.18 Å². The van der Waals surface area contributed by atoms with Crippen LogP contribution in [0.3, 0.4) is 0 Å². The van der Waals surface area contributed by atoms with Crippen molar-refractivity contribution in [2.24, 2.45) is 0 Å². The summed E-state index contributed by atoms with van der Waals surface area (Å²) in [5.41, 5.74) is 0.129. The van der Waals surface area contributed by atoms with Gasteiger partial charge in [-0.15, -0.1) is 0 Å². The maximum atomic E-state index is 13.1. The van der Waals surface area contributed by atoms with Crippen molar-refractivity contribution < 1.29 is 9.18 Å². The Balaban J connectivity index is 2.43. The number of pyridine rings is 1. The summed E-state index contributed by atoms with van der Waals surface area (Å²) in [4.78, 5) is 15.0. The van der Waals surface area contributed by atoms with Crippen molar-refractivity contribution in [3.05, 3.63) is 24.3 Å². The number of carbonyl (C=O) groups excluding carboxylic acids is 1. The third-order valence-corrected chi connectivity index (χ3v) is 2.94. The maximum Gasteiger partial charge on any atom is 0.319 e. The van der Waals surface area contributed by atoms with Crippen LogP contribution in [-0.2, 0) is 0 Å². The molecule has 0 aliphatic rings. The number of hydrogen-bond donors (Lipinski definition) is 2. The molecule has 0 aromatic carbocycles. The summed E-state index contributed by atoms with van der Waals surface area (Å²) in [6, 6.07) is 0.999. The number of hydrogen-bond acceptors (Lipinski definition) is 3. The van der Waals surface area contributed by atoms with Crippen molar-refractivity contribution in [2.45, 2.75) is 12.2 Å². The van der Waals surface area contributed by atoms with Gasteiger partial charge in [0, 0.05) is 18.0 Å². The van der Waals surface area contributed by atoms with Crippen LogP contribution >= 0.6 is 11.8 Å². The highest BCUT2D eigenvalue weighted by molar-refractivity contribution is 7.99. The molecule has 0 spiro atoms. The molecule has 0 saturated carbocycles. The second kappa shape index (κ2) is 6.32. The van der Waals surface area contributed by atoms with Crippen LogP contribution in [0.15, 0.2) is 18.5 Å². The average Bonchev–Trinajstić information content (AvgIpc) is 2.29. The zero-order valence-corrected chi connectivity index (χ0v) is 9.97. The first-order valence-corrected chi connectivity index (χ1v) is 6.09. The minimum Gasteiger partial charge on any atom is -0.337 e. The van der Waals surface area contributed by atoms with Gasteiger partial charge in [-0.05, 0) is 12.3 Å². The second-order valence-corrected chi connectivity index (χ2v) is 4.51. The molecule has 1 heterocycles. The monoisotopic (exact) mass is 243 g/mol. The zero-order valence-electron chi connectivity index (χ0n) is 9.16. The number of nitrogens with zero attached hydrogens (tertiary/aromatic N) is 1. The molecule has 0 aliphatic heterocycles. The Bertz CT molecular complexity index is 362. The van der Waals surface area contributed by atoms with E-state index in [4.69, 9.17) is 0 Å². The third-order valence-electron chi connectivity index (χ3n) is 1.97. The number of halogens is 1. The Kier molecular flexibility index (Phi) is 5.04. The van der Waals surface area contributed by atoms with Crippen LogP contribution in [-0.4, -0.2) is 29.1 Å². The van der Waals surface area contributed by atoms with E-state index < -0.39 is 11.8 Å². The number of carbonyl (C=O) groups is 1.